The number of aliphatic hydroxyl groups is 1. The van der Waals surface area contributed by atoms with Gasteiger partial charge in [-0.05, 0) is 42.7 Å². The molecular formula is C22H32IN3O3. The smallest absolute Gasteiger partial charge is 0.191 e. The molecule has 0 spiro atoms. The summed E-state index contributed by atoms with van der Waals surface area (Å²) in [5.74, 6) is 2.37. The second-order valence-corrected chi connectivity index (χ2v) is 6.36. The molecule has 0 aliphatic heterocycles. The van der Waals surface area contributed by atoms with Crippen LogP contribution in [0.1, 0.15) is 24.0 Å². The van der Waals surface area contributed by atoms with Gasteiger partial charge in [0.05, 0.1) is 27.4 Å². The second kappa shape index (κ2) is 14.1. The molecule has 0 radical (unpaired) electrons. The summed E-state index contributed by atoms with van der Waals surface area (Å²) in [5.41, 5.74) is 2.16. The van der Waals surface area contributed by atoms with Crippen molar-refractivity contribution in [3.05, 3.63) is 59.7 Å². The van der Waals surface area contributed by atoms with E-state index >= 15 is 0 Å². The van der Waals surface area contributed by atoms with Crippen LogP contribution in [0.4, 0.5) is 0 Å². The van der Waals surface area contributed by atoms with Crippen LogP contribution in [0.25, 0.3) is 0 Å². The number of rotatable bonds is 10. The standard InChI is InChI=1S/C22H31N3O3.HI/c1-4-23-22(25-15-19(16-26)17-8-6-5-7-9-17)24-13-12-18-14-20(27-2)10-11-21(18)28-3;/h5-11,14,19,26H,4,12-13,15-16H2,1-3H3,(H2,23,24,25);1H. The molecule has 0 fully saturated rings. The molecule has 7 heteroatoms. The van der Waals surface area contributed by atoms with Gasteiger partial charge in [-0.15, -0.1) is 24.0 Å². The van der Waals surface area contributed by atoms with Crippen molar-refractivity contribution < 1.29 is 14.6 Å². The Morgan fingerprint density at radius 3 is 2.45 bits per heavy atom. The number of ether oxygens (including phenoxy) is 2. The molecule has 160 valence electrons. The summed E-state index contributed by atoms with van der Waals surface area (Å²) in [7, 11) is 3.33. The molecule has 0 saturated heterocycles. The van der Waals surface area contributed by atoms with Gasteiger partial charge in [0.2, 0.25) is 0 Å². The molecule has 1 unspecified atom stereocenters. The van der Waals surface area contributed by atoms with Crippen molar-refractivity contribution in [2.24, 2.45) is 4.99 Å². The van der Waals surface area contributed by atoms with E-state index in [1.54, 1.807) is 14.2 Å². The van der Waals surface area contributed by atoms with Gasteiger partial charge in [-0.25, -0.2) is 0 Å². The quantitative estimate of drug-likeness (QED) is 0.259. The van der Waals surface area contributed by atoms with E-state index in [4.69, 9.17) is 9.47 Å². The van der Waals surface area contributed by atoms with E-state index in [9.17, 15) is 5.11 Å². The van der Waals surface area contributed by atoms with Gasteiger partial charge in [-0.2, -0.15) is 0 Å². The van der Waals surface area contributed by atoms with Gasteiger partial charge in [0, 0.05) is 19.0 Å². The van der Waals surface area contributed by atoms with Crippen molar-refractivity contribution in [2.75, 3.05) is 40.5 Å². The molecule has 0 heterocycles. The molecule has 29 heavy (non-hydrogen) atoms. The Morgan fingerprint density at radius 1 is 1.07 bits per heavy atom. The molecular weight excluding hydrogens is 481 g/mol. The molecule has 2 rings (SSSR count). The zero-order valence-corrected chi connectivity index (χ0v) is 19.7. The van der Waals surface area contributed by atoms with Crippen LogP contribution in [-0.2, 0) is 6.42 Å². The maximum Gasteiger partial charge on any atom is 0.191 e. The van der Waals surface area contributed by atoms with E-state index in [0.29, 0.717) is 13.1 Å². The molecule has 0 saturated carbocycles. The Balaban J connectivity index is 0.00000420. The number of hydrogen-bond donors (Lipinski definition) is 3. The van der Waals surface area contributed by atoms with E-state index in [1.165, 1.54) is 0 Å². The van der Waals surface area contributed by atoms with E-state index in [0.717, 1.165) is 41.6 Å². The zero-order chi connectivity index (χ0) is 20.2. The lowest BCUT2D eigenvalue weighted by atomic mass is 10.0. The minimum atomic E-state index is -0.0184. The van der Waals surface area contributed by atoms with Gasteiger partial charge in [-0.3, -0.25) is 4.99 Å². The number of aliphatic imine (C=N–C) groups is 1. The Hall–Kier alpha value is -2.00. The van der Waals surface area contributed by atoms with E-state index in [1.807, 2.05) is 55.5 Å². The maximum absolute atomic E-state index is 9.72. The fourth-order valence-electron chi connectivity index (χ4n) is 2.93. The predicted octanol–water partition coefficient (Wildman–Crippen LogP) is 3.20. The van der Waals surface area contributed by atoms with Gasteiger partial charge in [0.1, 0.15) is 11.5 Å². The maximum atomic E-state index is 9.72. The molecule has 6 nitrogen and oxygen atoms in total. The normalized spacial score (nSPS) is 11.9. The van der Waals surface area contributed by atoms with Crippen molar-refractivity contribution in [1.29, 1.82) is 0 Å². The number of aliphatic hydroxyl groups excluding tert-OH is 1. The second-order valence-electron chi connectivity index (χ2n) is 6.36. The summed E-state index contributed by atoms with van der Waals surface area (Å²) in [6.45, 7) is 4.07. The van der Waals surface area contributed by atoms with Crippen LogP contribution >= 0.6 is 24.0 Å². The Kier molecular flexibility index (Phi) is 12.1. The van der Waals surface area contributed by atoms with Crippen LogP contribution in [0.3, 0.4) is 0 Å². The summed E-state index contributed by atoms with van der Waals surface area (Å²) < 4.78 is 10.7. The SMILES string of the molecule is CCNC(=NCC(CO)c1ccccc1)NCCc1cc(OC)ccc1OC.I. The van der Waals surface area contributed by atoms with Crippen molar-refractivity contribution in [1.82, 2.24) is 10.6 Å². The summed E-state index contributed by atoms with van der Waals surface area (Å²) in [5, 5.41) is 16.3. The lowest BCUT2D eigenvalue weighted by Gasteiger charge is -2.16. The molecule has 2 aromatic carbocycles. The lowest BCUT2D eigenvalue weighted by molar-refractivity contribution is 0.268. The largest absolute Gasteiger partial charge is 0.497 e. The molecule has 0 aliphatic carbocycles. The molecule has 0 aliphatic rings. The Labute approximate surface area is 190 Å². The third-order valence-electron chi connectivity index (χ3n) is 4.48. The minimum Gasteiger partial charge on any atom is -0.497 e. The summed E-state index contributed by atoms with van der Waals surface area (Å²) in [6.07, 6.45) is 0.771. The van der Waals surface area contributed by atoms with Crippen LogP contribution in [-0.4, -0.2) is 51.5 Å². The van der Waals surface area contributed by atoms with Crippen LogP contribution in [0, 0.1) is 0 Å². The molecule has 2 aromatic rings. The van der Waals surface area contributed by atoms with Gasteiger partial charge in [0.25, 0.3) is 0 Å². The van der Waals surface area contributed by atoms with Crippen LogP contribution in [0.2, 0.25) is 0 Å². The van der Waals surface area contributed by atoms with Gasteiger partial charge in [0.15, 0.2) is 5.96 Å². The van der Waals surface area contributed by atoms with Gasteiger partial charge >= 0.3 is 0 Å². The average molecular weight is 513 g/mol. The highest BCUT2D eigenvalue weighted by molar-refractivity contribution is 14.0. The number of guanidine groups is 1. The molecule has 0 amide bonds. The first-order chi connectivity index (χ1) is 13.7. The van der Waals surface area contributed by atoms with Crippen molar-refractivity contribution >= 4 is 29.9 Å². The van der Waals surface area contributed by atoms with Gasteiger partial charge < -0.3 is 25.2 Å². The van der Waals surface area contributed by atoms with Crippen molar-refractivity contribution in [3.63, 3.8) is 0 Å². The third-order valence-corrected chi connectivity index (χ3v) is 4.48. The third kappa shape index (κ3) is 8.10. The fourth-order valence-corrected chi connectivity index (χ4v) is 2.93. The summed E-state index contributed by atoms with van der Waals surface area (Å²) in [4.78, 5) is 4.65. The topological polar surface area (TPSA) is 75.1 Å². The van der Waals surface area contributed by atoms with Crippen LogP contribution < -0.4 is 20.1 Å². The number of halogens is 1. The van der Waals surface area contributed by atoms with E-state index in [2.05, 4.69) is 15.6 Å². The molecule has 0 bridgehead atoms. The highest BCUT2D eigenvalue weighted by atomic mass is 127. The highest BCUT2D eigenvalue weighted by Crippen LogP contribution is 2.24. The number of hydrogen-bond acceptors (Lipinski definition) is 4. The number of nitrogens with one attached hydrogen (secondary N) is 2. The van der Waals surface area contributed by atoms with Crippen LogP contribution in [0.15, 0.2) is 53.5 Å². The molecule has 1 atom stereocenters. The van der Waals surface area contributed by atoms with Crippen molar-refractivity contribution in [3.8, 4) is 11.5 Å². The summed E-state index contributed by atoms with van der Waals surface area (Å²) >= 11 is 0. The summed E-state index contributed by atoms with van der Waals surface area (Å²) in [6, 6.07) is 15.8. The predicted molar refractivity (Wildman–Crippen MR) is 129 cm³/mol. The first-order valence-electron chi connectivity index (χ1n) is 9.60. The first-order valence-corrected chi connectivity index (χ1v) is 9.60. The zero-order valence-electron chi connectivity index (χ0n) is 17.4. The highest BCUT2D eigenvalue weighted by Gasteiger charge is 2.10. The Bertz CT molecular complexity index is 741. The monoisotopic (exact) mass is 513 g/mol. The molecule has 3 N–H and O–H groups in total. The van der Waals surface area contributed by atoms with Crippen molar-refractivity contribution in [2.45, 2.75) is 19.3 Å². The van der Waals surface area contributed by atoms with E-state index in [-0.39, 0.29) is 36.5 Å². The number of methoxy groups -OCH3 is 2. The van der Waals surface area contributed by atoms with Crippen LogP contribution in [0.5, 0.6) is 11.5 Å². The first kappa shape index (κ1) is 25.0. The number of nitrogens with zero attached hydrogens (tertiary/aromatic N) is 1. The fraction of sp³-hybridized carbons (Fsp3) is 0.409. The Morgan fingerprint density at radius 2 is 1.83 bits per heavy atom. The molecule has 0 aromatic heterocycles. The average Bonchev–Trinajstić information content (AvgIpc) is 2.74. The lowest BCUT2D eigenvalue weighted by Crippen LogP contribution is -2.38. The number of benzene rings is 2. The van der Waals surface area contributed by atoms with Gasteiger partial charge in [-0.1, -0.05) is 30.3 Å². The van der Waals surface area contributed by atoms with E-state index < -0.39 is 0 Å². The minimum absolute atomic E-state index is 0.